The molecular formula is C19H22N4O. The van der Waals surface area contributed by atoms with Crippen molar-refractivity contribution in [1.29, 1.82) is 0 Å². The molecule has 0 radical (unpaired) electrons. The number of pyridine rings is 1. The molecule has 0 aliphatic carbocycles. The lowest BCUT2D eigenvalue weighted by Crippen LogP contribution is -2.37. The van der Waals surface area contributed by atoms with Crippen LogP contribution in [0.3, 0.4) is 0 Å². The summed E-state index contributed by atoms with van der Waals surface area (Å²) < 4.78 is 1.74. The molecule has 3 rings (SSSR count). The zero-order chi connectivity index (χ0) is 17.2. The summed E-state index contributed by atoms with van der Waals surface area (Å²) in [5, 5.41) is 10.9. The number of nitrogens with zero attached hydrogens (tertiary/aromatic N) is 3. The summed E-state index contributed by atoms with van der Waals surface area (Å²) in [6.45, 7) is 6.45. The number of nitrogens with one attached hydrogen (secondary N) is 1. The summed E-state index contributed by atoms with van der Waals surface area (Å²) in [5.41, 5.74) is 2.60. The predicted molar refractivity (Wildman–Crippen MR) is 94.0 cm³/mol. The van der Waals surface area contributed by atoms with Gasteiger partial charge in [0.05, 0.1) is 5.56 Å². The highest BCUT2D eigenvalue weighted by atomic mass is 16.1. The third-order valence-corrected chi connectivity index (χ3v) is 4.30. The van der Waals surface area contributed by atoms with E-state index >= 15 is 0 Å². The highest BCUT2D eigenvalue weighted by molar-refractivity contribution is 5.94. The molecular weight excluding hydrogens is 300 g/mol. The van der Waals surface area contributed by atoms with Gasteiger partial charge >= 0.3 is 0 Å². The minimum Gasteiger partial charge on any atom is -0.350 e. The van der Waals surface area contributed by atoms with Crippen molar-refractivity contribution in [1.82, 2.24) is 19.9 Å². The highest BCUT2D eigenvalue weighted by Crippen LogP contribution is 2.28. The normalized spacial score (nSPS) is 13.0. The van der Waals surface area contributed by atoms with Crippen molar-refractivity contribution in [3.63, 3.8) is 0 Å². The van der Waals surface area contributed by atoms with Crippen LogP contribution in [0.2, 0.25) is 0 Å². The van der Waals surface area contributed by atoms with E-state index in [-0.39, 0.29) is 17.4 Å². The zero-order valence-corrected chi connectivity index (χ0v) is 14.2. The quantitative estimate of drug-likeness (QED) is 0.784. The molecule has 0 aliphatic rings. The van der Waals surface area contributed by atoms with Crippen molar-refractivity contribution in [3.05, 3.63) is 66.1 Å². The summed E-state index contributed by atoms with van der Waals surface area (Å²) >= 11 is 0. The van der Waals surface area contributed by atoms with Crippen LogP contribution in [-0.4, -0.2) is 26.5 Å². The average molecular weight is 322 g/mol. The maximum absolute atomic E-state index is 12.5. The molecule has 0 fully saturated rings. The Morgan fingerprint density at radius 1 is 1.21 bits per heavy atom. The number of amides is 1. The Balaban J connectivity index is 1.67. The first kappa shape index (κ1) is 16.2. The monoisotopic (exact) mass is 322 g/mol. The number of fused-ring (bicyclic) bond motifs is 1. The maximum Gasteiger partial charge on any atom is 0.252 e. The Labute approximate surface area is 141 Å². The zero-order valence-electron chi connectivity index (χ0n) is 14.2. The second-order valence-corrected chi connectivity index (χ2v) is 6.84. The second kappa shape index (κ2) is 6.43. The molecule has 2 aromatic heterocycles. The molecule has 0 spiro atoms. The number of rotatable bonds is 5. The number of hydrogen-bond donors (Lipinski definition) is 1. The molecule has 3 aromatic rings. The Hall–Kier alpha value is -2.69. The smallest absolute Gasteiger partial charge is 0.252 e. The van der Waals surface area contributed by atoms with Gasteiger partial charge < -0.3 is 5.32 Å². The van der Waals surface area contributed by atoms with Gasteiger partial charge in [-0.3, -0.25) is 9.20 Å². The highest BCUT2D eigenvalue weighted by Gasteiger charge is 2.24. The number of aromatic nitrogens is 3. The van der Waals surface area contributed by atoms with Gasteiger partial charge in [0.25, 0.3) is 5.91 Å². The summed E-state index contributed by atoms with van der Waals surface area (Å²) in [5.74, 6) is -0.0815. The minimum absolute atomic E-state index is 0.00776. The number of carbonyl (C=O) groups is 1. The molecule has 0 saturated carbocycles. The van der Waals surface area contributed by atoms with Gasteiger partial charge in [-0.05, 0) is 36.5 Å². The third-order valence-electron chi connectivity index (χ3n) is 4.30. The van der Waals surface area contributed by atoms with Gasteiger partial charge in [0, 0.05) is 12.2 Å². The molecule has 1 unspecified atom stereocenters. The van der Waals surface area contributed by atoms with Crippen molar-refractivity contribution in [2.45, 2.75) is 38.6 Å². The first-order valence-corrected chi connectivity index (χ1v) is 8.11. The lowest BCUT2D eigenvalue weighted by molar-refractivity contribution is 0.0934. The van der Waals surface area contributed by atoms with E-state index in [1.54, 1.807) is 29.1 Å². The molecule has 5 heteroatoms. The van der Waals surface area contributed by atoms with Gasteiger partial charge in [0.15, 0.2) is 5.65 Å². The first-order valence-electron chi connectivity index (χ1n) is 8.11. The Kier molecular flexibility index (Phi) is 4.34. The second-order valence-electron chi connectivity index (χ2n) is 6.84. The van der Waals surface area contributed by atoms with Crippen LogP contribution in [0.25, 0.3) is 5.65 Å². The van der Waals surface area contributed by atoms with Crippen molar-refractivity contribution < 1.29 is 4.79 Å². The van der Waals surface area contributed by atoms with Crippen molar-refractivity contribution in [2.24, 2.45) is 0 Å². The minimum atomic E-state index is -0.0815. The summed E-state index contributed by atoms with van der Waals surface area (Å²) in [7, 11) is 0. The Bertz CT molecular complexity index is 839. The number of benzene rings is 1. The van der Waals surface area contributed by atoms with Crippen LogP contribution in [0.5, 0.6) is 0 Å². The summed E-state index contributed by atoms with van der Waals surface area (Å²) in [6, 6.07) is 14.0. The number of carbonyl (C=O) groups excluding carboxylic acids is 1. The van der Waals surface area contributed by atoms with E-state index in [9.17, 15) is 4.79 Å². The van der Waals surface area contributed by atoms with E-state index < -0.39 is 0 Å². The molecule has 1 atom stereocenters. The van der Waals surface area contributed by atoms with Crippen molar-refractivity contribution in [3.8, 4) is 0 Å². The van der Waals surface area contributed by atoms with Crippen molar-refractivity contribution >= 4 is 11.6 Å². The van der Waals surface area contributed by atoms with E-state index in [1.807, 2.05) is 13.0 Å². The number of hydrogen-bond acceptors (Lipinski definition) is 3. The van der Waals surface area contributed by atoms with Crippen LogP contribution in [0, 0.1) is 0 Å². The summed E-state index contributed by atoms with van der Waals surface area (Å²) in [4.78, 5) is 12.5. The van der Waals surface area contributed by atoms with Gasteiger partial charge in [-0.25, -0.2) is 0 Å². The van der Waals surface area contributed by atoms with E-state index in [0.717, 1.165) is 12.1 Å². The largest absolute Gasteiger partial charge is 0.350 e. The average Bonchev–Trinajstić information content (AvgIpc) is 3.02. The first-order chi connectivity index (χ1) is 11.5. The Morgan fingerprint density at radius 3 is 2.71 bits per heavy atom. The molecule has 2 heterocycles. The van der Waals surface area contributed by atoms with Gasteiger partial charge in [0.1, 0.15) is 6.33 Å². The van der Waals surface area contributed by atoms with Gasteiger partial charge in [0.2, 0.25) is 0 Å². The SMILES string of the molecule is CC(CC(C)(C)c1ccccc1)NC(=O)c1ccc2nncn2c1. The van der Waals surface area contributed by atoms with E-state index in [2.05, 4.69) is 53.6 Å². The molecule has 1 N–H and O–H groups in total. The molecule has 0 aliphatic heterocycles. The fourth-order valence-corrected chi connectivity index (χ4v) is 3.09. The Morgan fingerprint density at radius 2 is 1.96 bits per heavy atom. The van der Waals surface area contributed by atoms with Crippen LogP contribution in [0.15, 0.2) is 55.0 Å². The van der Waals surface area contributed by atoms with E-state index in [1.165, 1.54) is 5.56 Å². The fraction of sp³-hybridized carbons (Fsp3) is 0.316. The fourth-order valence-electron chi connectivity index (χ4n) is 3.09. The molecule has 5 nitrogen and oxygen atoms in total. The van der Waals surface area contributed by atoms with Crippen LogP contribution >= 0.6 is 0 Å². The van der Waals surface area contributed by atoms with E-state index in [4.69, 9.17) is 0 Å². The van der Waals surface area contributed by atoms with Crippen LogP contribution in [0.1, 0.15) is 43.1 Å². The van der Waals surface area contributed by atoms with Crippen molar-refractivity contribution in [2.75, 3.05) is 0 Å². The van der Waals surface area contributed by atoms with Crippen LogP contribution < -0.4 is 5.32 Å². The van der Waals surface area contributed by atoms with Gasteiger partial charge in [-0.1, -0.05) is 44.2 Å². The molecule has 124 valence electrons. The summed E-state index contributed by atoms with van der Waals surface area (Å²) in [6.07, 6.45) is 4.20. The third kappa shape index (κ3) is 3.45. The lowest BCUT2D eigenvalue weighted by atomic mass is 9.79. The van der Waals surface area contributed by atoms with Gasteiger partial charge in [-0.15, -0.1) is 10.2 Å². The molecule has 24 heavy (non-hydrogen) atoms. The predicted octanol–water partition coefficient (Wildman–Crippen LogP) is 3.22. The van der Waals surface area contributed by atoms with Gasteiger partial charge in [-0.2, -0.15) is 0 Å². The molecule has 0 saturated heterocycles. The van der Waals surface area contributed by atoms with Crippen LogP contribution in [0.4, 0.5) is 0 Å². The lowest BCUT2D eigenvalue weighted by Gasteiger charge is -2.29. The molecule has 1 amide bonds. The topological polar surface area (TPSA) is 59.3 Å². The maximum atomic E-state index is 12.5. The standard InChI is InChI=1S/C19H22N4O/c1-14(11-19(2,3)16-7-5-4-6-8-16)21-18(24)15-9-10-17-22-20-13-23(17)12-15/h4-10,12-14H,11H2,1-3H3,(H,21,24). The molecule has 0 bridgehead atoms. The molecule has 1 aromatic carbocycles. The van der Waals surface area contributed by atoms with Crippen LogP contribution in [-0.2, 0) is 5.41 Å². The van der Waals surface area contributed by atoms with E-state index in [0.29, 0.717) is 5.56 Å².